The Hall–Kier alpha value is -1.55. The van der Waals surface area contributed by atoms with Gasteiger partial charge in [0.05, 0.1) is 12.3 Å². The van der Waals surface area contributed by atoms with Gasteiger partial charge in [0, 0.05) is 10.9 Å². The number of ether oxygens (including phenoxy) is 1. The highest BCUT2D eigenvalue weighted by atomic mass is 32.1. The molecule has 0 saturated carbocycles. The first-order chi connectivity index (χ1) is 7.83. The van der Waals surface area contributed by atoms with Crippen molar-refractivity contribution in [1.82, 2.24) is 4.98 Å². The molecule has 0 radical (unpaired) electrons. The van der Waals surface area contributed by atoms with Crippen molar-refractivity contribution >= 4 is 16.5 Å². The van der Waals surface area contributed by atoms with Crippen molar-refractivity contribution in [2.45, 2.75) is 12.8 Å². The van der Waals surface area contributed by atoms with Gasteiger partial charge in [-0.25, -0.2) is 4.98 Å². The first-order valence-electron chi connectivity index (χ1n) is 5.30. The van der Waals surface area contributed by atoms with Crippen molar-refractivity contribution in [3.63, 3.8) is 0 Å². The quantitative estimate of drug-likeness (QED) is 0.822. The first-order valence-corrected chi connectivity index (χ1v) is 6.18. The molecule has 0 fully saturated rings. The second-order valence-corrected chi connectivity index (χ2v) is 4.74. The smallest absolute Gasteiger partial charge is 0.180 e. The second kappa shape index (κ2) is 3.79. The topological polar surface area (TPSA) is 48.1 Å². The molecule has 2 aromatic rings. The van der Waals surface area contributed by atoms with Crippen LogP contribution in [0.4, 0.5) is 5.13 Å². The van der Waals surface area contributed by atoms with Gasteiger partial charge in [-0.3, -0.25) is 0 Å². The van der Waals surface area contributed by atoms with Crippen LogP contribution in [0.5, 0.6) is 5.75 Å². The third-order valence-electron chi connectivity index (χ3n) is 2.73. The number of hydrogen-bond acceptors (Lipinski definition) is 4. The minimum Gasteiger partial charge on any atom is -0.493 e. The van der Waals surface area contributed by atoms with Gasteiger partial charge >= 0.3 is 0 Å². The molecule has 0 aliphatic carbocycles. The van der Waals surface area contributed by atoms with Crippen molar-refractivity contribution < 1.29 is 4.74 Å². The molecular formula is C12H12N2OS. The fourth-order valence-electron chi connectivity index (χ4n) is 1.94. The monoisotopic (exact) mass is 232 g/mol. The molecule has 2 heterocycles. The van der Waals surface area contributed by atoms with Gasteiger partial charge in [-0.1, -0.05) is 0 Å². The van der Waals surface area contributed by atoms with Gasteiger partial charge in [0.1, 0.15) is 5.75 Å². The molecule has 0 amide bonds. The van der Waals surface area contributed by atoms with Gasteiger partial charge in [0.15, 0.2) is 5.13 Å². The molecule has 0 spiro atoms. The minimum atomic E-state index is 0.615. The highest BCUT2D eigenvalue weighted by Gasteiger charge is 2.12. The maximum Gasteiger partial charge on any atom is 0.180 e. The van der Waals surface area contributed by atoms with Crippen LogP contribution >= 0.6 is 11.3 Å². The first kappa shape index (κ1) is 9.66. The van der Waals surface area contributed by atoms with E-state index in [2.05, 4.69) is 11.1 Å². The summed E-state index contributed by atoms with van der Waals surface area (Å²) in [6.45, 7) is 0.829. The van der Waals surface area contributed by atoms with E-state index < -0.39 is 0 Å². The lowest BCUT2D eigenvalue weighted by Gasteiger charge is -2.17. The number of benzene rings is 1. The normalized spacial score (nSPS) is 14.2. The van der Waals surface area contributed by atoms with E-state index in [0.717, 1.165) is 36.5 Å². The van der Waals surface area contributed by atoms with Crippen molar-refractivity contribution in [3.8, 4) is 17.0 Å². The SMILES string of the molecule is Nc1nc(-c2ccc3c(c2)CCCO3)cs1. The lowest BCUT2D eigenvalue weighted by Crippen LogP contribution is -2.08. The minimum absolute atomic E-state index is 0.615. The van der Waals surface area contributed by atoms with Gasteiger partial charge < -0.3 is 10.5 Å². The van der Waals surface area contributed by atoms with Gasteiger partial charge in [0.2, 0.25) is 0 Å². The molecule has 82 valence electrons. The third-order valence-corrected chi connectivity index (χ3v) is 3.40. The second-order valence-electron chi connectivity index (χ2n) is 3.85. The molecule has 0 saturated heterocycles. The maximum atomic E-state index is 5.64. The van der Waals surface area contributed by atoms with Gasteiger partial charge in [-0.15, -0.1) is 11.3 Å². The van der Waals surface area contributed by atoms with E-state index >= 15 is 0 Å². The zero-order chi connectivity index (χ0) is 11.0. The predicted octanol–water partition coefficient (Wildman–Crippen LogP) is 2.72. The van der Waals surface area contributed by atoms with Crippen LogP contribution in [0.15, 0.2) is 23.6 Å². The molecule has 0 bridgehead atoms. The number of fused-ring (bicyclic) bond motifs is 1. The van der Waals surface area contributed by atoms with Crippen molar-refractivity contribution in [1.29, 1.82) is 0 Å². The van der Waals surface area contributed by atoms with E-state index in [1.807, 2.05) is 17.5 Å². The fraction of sp³-hybridized carbons (Fsp3) is 0.250. The Morgan fingerprint density at radius 2 is 2.31 bits per heavy atom. The largest absolute Gasteiger partial charge is 0.493 e. The molecule has 0 atom stereocenters. The molecular weight excluding hydrogens is 220 g/mol. The number of nitrogen functional groups attached to an aromatic ring is 1. The average Bonchev–Trinajstić information content (AvgIpc) is 2.75. The number of aromatic nitrogens is 1. The summed E-state index contributed by atoms with van der Waals surface area (Å²) in [5, 5.41) is 2.60. The van der Waals surface area contributed by atoms with Gasteiger partial charge in [-0.2, -0.15) is 0 Å². The molecule has 2 N–H and O–H groups in total. The van der Waals surface area contributed by atoms with Crippen LogP contribution in [0.1, 0.15) is 12.0 Å². The highest BCUT2D eigenvalue weighted by molar-refractivity contribution is 7.13. The summed E-state index contributed by atoms with van der Waals surface area (Å²) in [4.78, 5) is 4.29. The van der Waals surface area contributed by atoms with Gasteiger partial charge in [0.25, 0.3) is 0 Å². The van der Waals surface area contributed by atoms with E-state index in [1.54, 1.807) is 0 Å². The summed E-state index contributed by atoms with van der Waals surface area (Å²) >= 11 is 1.47. The molecule has 3 nitrogen and oxygen atoms in total. The number of nitrogens with zero attached hydrogens (tertiary/aromatic N) is 1. The lowest BCUT2D eigenvalue weighted by atomic mass is 10.0. The number of rotatable bonds is 1. The van der Waals surface area contributed by atoms with Crippen molar-refractivity contribution in [2.75, 3.05) is 12.3 Å². The van der Waals surface area contributed by atoms with Crippen LogP contribution < -0.4 is 10.5 Å². The Morgan fingerprint density at radius 1 is 1.38 bits per heavy atom. The summed E-state index contributed by atoms with van der Waals surface area (Å²) in [6.07, 6.45) is 2.18. The number of nitrogens with two attached hydrogens (primary N) is 1. The van der Waals surface area contributed by atoms with E-state index in [4.69, 9.17) is 10.5 Å². The van der Waals surface area contributed by atoms with Gasteiger partial charge in [-0.05, 0) is 36.6 Å². The summed E-state index contributed by atoms with van der Waals surface area (Å²) in [6, 6.07) is 6.22. The van der Waals surface area contributed by atoms with E-state index in [1.165, 1.54) is 16.9 Å². The predicted molar refractivity (Wildman–Crippen MR) is 65.8 cm³/mol. The zero-order valence-corrected chi connectivity index (χ0v) is 9.59. The van der Waals surface area contributed by atoms with Crippen LogP contribution in [0.3, 0.4) is 0 Å². The average molecular weight is 232 g/mol. The summed E-state index contributed by atoms with van der Waals surface area (Å²) in [5.74, 6) is 1.01. The Kier molecular flexibility index (Phi) is 2.29. The zero-order valence-electron chi connectivity index (χ0n) is 8.77. The van der Waals surface area contributed by atoms with Crippen LogP contribution in [0.25, 0.3) is 11.3 Å². The van der Waals surface area contributed by atoms with Crippen LogP contribution in [-0.2, 0) is 6.42 Å². The molecule has 1 aliphatic rings. The number of aryl methyl sites for hydroxylation is 1. The number of anilines is 1. The fourth-order valence-corrected chi connectivity index (χ4v) is 2.51. The molecule has 1 aliphatic heterocycles. The Labute approximate surface area is 97.9 Å². The maximum absolute atomic E-state index is 5.64. The lowest BCUT2D eigenvalue weighted by molar-refractivity contribution is 0.288. The number of hydrogen-bond donors (Lipinski definition) is 1. The van der Waals surface area contributed by atoms with E-state index in [9.17, 15) is 0 Å². The van der Waals surface area contributed by atoms with E-state index in [0.29, 0.717) is 5.13 Å². The Morgan fingerprint density at radius 3 is 3.12 bits per heavy atom. The summed E-state index contributed by atoms with van der Waals surface area (Å²) < 4.78 is 5.58. The molecule has 16 heavy (non-hydrogen) atoms. The van der Waals surface area contributed by atoms with Crippen molar-refractivity contribution in [3.05, 3.63) is 29.1 Å². The third kappa shape index (κ3) is 1.65. The molecule has 1 aromatic heterocycles. The molecule has 4 heteroatoms. The van der Waals surface area contributed by atoms with Crippen molar-refractivity contribution in [2.24, 2.45) is 0 Å². The summed E-state index contributed by atoms with van der Waals surface area (Å²) in [5.41, 5.74) is 8.99. The molecule has 1 aromatic carbocycles. The van der Waals surface area contributed by atoms with Crippen LogP contribution in [-0.4, -0.2) is 11.6 Å². The molecule has 3 rings (SSSR count). The Balaban J connectivity index is 2.02. The highest BCUT2D eigenvalue weighted by Crippen LogP contribution is 2.30. The number of thiazole rings is 1. The van der Waals surface area contributed by atoms with Crippen LogP contribution in [0, 0.1) is 0 Å². The van der Waals surface area contributed by atoms with Crippen LogP contribution in [0.2, 0.25) is 0 Å². The Bertz CT molecular complexity index is 521. The summed E-state index contributed by atoms with van der Waals surface area (Å²) in [7, 11) is 0. The standard InChI is InChI=1S/C12H12N2OS/c13-12-14-10(7-16-12)8-3-4-11-9(6-8)2-1-5-15-11/h3-4,6-7H,1-2,5H2,(H2,13,14). The van der Waals surface area contributed by atoms with E-state index in [-0.39, 0.29) is 0 Å². The molecule has 0 unspecified atom stereocenters.